The Kier molecular flexibility index (Phi) is 2.92. The highest BCUT2D eigenvalue weighted by Gasteiger charge is 2.20. The largest absolute Gasteiger partial charge is 0.476 e. The third kappa shape index (κ3) is 2.00. The molecule has 0 atom stereocenters. The van der Waals surface area contributed by atoms with E-state index in [-0.39, 0.29) is 10.6 Å². The summed E-state index contributed by atoms with van der Waals surface area (Å²) in [6.45, 7) is 1.67. The van der Waals surface area contributed by atoms with Crippen LogP contribution in [-0.2, 0) is 10.0 Å². The summed E-state index contributed by atoms with van der Waals surface area (Å²) in [4.78, 5) is 14.3. The van der Waals surface area contributed by atoms with E-state index >= 15 is 0 Å². The van der Waals surface area contributed by atoms with Crippen LogP contribution in [0.15, 0.2) is 41.7 Å². The predicted octanol–water partition coefficient (Wildman–Crippen LogP) is 1.13. The van der Waals surface area contributed by atoms with Crippen molar-refractivity contribution in [1.82, 2.24) is 8.96 Å². The Bertz CT molecular complexity index is 703. The van der Waals surface area contributed by atoms with Crippen LogP contribution in [0.25, 0.3) is 0 Å². The van der Waals surface area contributed by atoms with Crippen molar-refractivity contribution in [3.05, 3.63) is 48.0 Å². The van der Waals surface area contributed by atoms with E-state index in [2.05, 4.69) is 4.98 Å². The first-order chi connectivity index (χ1) is 8.43. The summed E-state index contributed by atoms with van der Waals surface area (Å²) in [5, 5.41) is 8.72. The molecule has 0 radical (unpaired) electrons. The number of carboxylic acids is 1. The molecule has 7 heteroatoms. The second kappa shape index (κ2) is 4.26. The standard InChI is InChI=1S/C11H10N2O4S/c1-8-4-2-3-5-10(8)18(16,17)13-6-9(11(14)15)12-7-13/h2-7H,1H3,(H,14,15). The fourth-order valence-electron chi connectivity index (χ4n) is 1.51. The lowest BCUT2D eigenvalue weighted by atomic mass is 10.2. The summed E-state index contributed by atoms with van der Waals surface area (Å²) in [7, 11) is -3.79. The number of benzene rings is 1. The van der Waals surface area contributed by atoms with Crippen molar-refractivity contribution in [1.29, 1.82) is 0 Å². The van der Waals surface area contributed by atoms with Gasteiger partial charge in [0.05, 0.1) is 11.1 Å². The predicted molar refractivity (Wildman–Crippen MR) is 62.9 cm³/mol. The highest BCUT2D eigenvalue weighted by Crippen LogP contribution is 2.17. The second-order valence-corrected chi connectivity index (χ2v) is 5.48. The number of carbonyl (C=O) groups is 1. The van der Waals surface area contributed by atoms with Crippen LogP contribution in [0, 0.1) is 6.92 Å². The lowest BCUT2D eigenvalue weighted by Gasteiger charge is -2.07. The van der Waals surface area contributed by atoms with Crippen molar-refractivity contribution in [3.63, 3.8) is 0 Å². The highest BCUT2D eigenvalue weighted by molar-refractivity contribution is 7.90. The average molecular weight is 266 g/mol. The highest BCUT2D eigenvalue weighted by atomic mass is 32.2. The fourth-order valence-corrected chi connectivity index (χ4v) is 2.87. The van der Waals surface area contributed by atoms with Crippen molar-refractivity contribution in [2.45, 2.75) is 11.8 Å². The van der Waals surface area contributed by atoms with Crippen LogP contribution < -0.4 is 0 Å². The number of carboxylic acid groups (broad SMARTS) is 1. The van der Waals surface area contributed by atoms with Gasteiger partial charge in [0.15, 0.2) is 5.69 Å². The summed E-state index contributed by atoms with van der Waals surface area (Å²) < 4.78 is 25.2. The van der Waals surface area contributed by atoms with Gasteiger partial charge in [0.2, 0.25) is 0 Å². The molecule has 1 aromatic heterocycles. The van der Waals surface area contributed by atoms with Gasteiger partial charge in [-0.3, -0.25) is 0 Å². The maximum Gasteiger partial charge on any atom is 0.356 e. The molecule has 94 valence electrons. The fraction of sp³-hybridized carbons (Fsp3) is 0.0909. The van der Waals surface area contributed by atoms with Gasteiger partial charge in [-0.15, -0.1) is 0 Å². The monoisotopic (exact) mass is 266 g/mol. The first kappa shape index (κ1) is 12.3. The summed E-state index contributed by atoms with van der Waals surface area (Å²) in [5.74, 6) is -1.27. The zero-order valence-corrected chi connectivity index (χ0v) is 10.3. The third-order valence-corrected chi connectivity index (χ3v) is 4.20. The molecule has 1 aromatic carbocycles. The van der Waals surface area contributed by atoms with Gasteiger partial charge in [-0.2, -0.15) is 0 Å². The number of nitrogens with zero attached hydrogens (tertiary/aromatic N) is 2. The summed E-state index contributed by atoms with van der Waals surface area (Å²) in [6, 6.07) is 6.47. The molecule has 0 saturated carbocycles. The van der Waals surface area contributed by atoms with E-state index in [9.17, 15) is 13.2 Å². The Morgan fingerprint density at radius 3 is 2.56 bits per heavy atom. The number of hydrogen-bond acceptors (Lipinski definition) is 4. The Morgan fingerprint density at radius 1 is 1.33 bits per heavy atom. The molecule has 0 unspecified atom stereocenters. The molecule has 0 aliphatic heterocycles. The van der Waals surface area contributed by atoms with E-state index in [1.165, 1.54) is 6.07 Å². The molecule has 0 bridgehead atoms. The summed E-state index contributed by atoms with van der Waals surface area (Å²) >= 11 is 0. The number of imidazole rings is 1. The van der Waals surface area contributed by atoms with Crippen LogP contribution in [0.1, 0.15) is 16.1 Å². The molecule has 0 amide bonds. The molecule has 6 nitrogen and oxygen atoms in total. The van der Waals surface area contributed by atoms with Gasteiger partial charge in [0.1, 0.15) is 6.33 Å². The molecule has 2 aromatic rings. The van der Waals surface area contributed by atoms with E-state index in [1.54, 1.807) is 25.1 Å². The molecule has 0 spiro atoms. The van der Waals surface area contributed by atoms with Crippen LogP contribution in [0.3, 0.4) is 0 Å². The van der Waals surface area contributed by atoms with Gasteiger partial charge in [0.25, 0.3) is 10.0 Å². The van der Waals surface area contributed by atoms with Gasteiger partial charge in [-0.05, 0) is 18.6 Å². The van der Waals surface area contributed by atoms with Crippen molar-refractivity contribution >= 4 is 16.0 Å². The number of aromatic carboxylic acids is 1. The van der Waals surface area contributed by atoms with E-state index in [4.69, 9.17) is 5.11 Å². The van der Waals surface area contributed by atoms with Crippen LogP contribution in [0.2, 0.25) is 0 Å². The minimum absolute atomic E-state index is 0.124. The zero-order chi connectivity index (χ0) is 13.3. The van der Waals surface area contributed by atoms with E-state index in [0.29, 0.717) is 5.56 Å². The Hall–Kier alpha value is -2.15. The van der Waals surface area contributed by atoms with Crippen LogP contribution in [0.4, 0.5) is 0 Å². The molecule has 1 N–H and O–H groups in total. The molecular formula is C11H10N2O4S. The number of aromatic nitrogens is 2. The summed E-state index contributed by atoms with van der Waals surface area (Å²) in [5.41, 5.74) is 0.273. The average Bonchev–Trinajstić information content (AvgIpc) is 2.79. The SMILES string of the molecule is Cc1ccccc1S(=O)(=O)n1cnc(C(=O)O)c1. The van der Waals surface area contributed by atoms with Crippen molar-refractivity contribution in [2.75, 3.05) is 0 Å². The summed E-state index contributed by atoms with van der Waals surface area (Å²) in [6.07, 6.45) is 1.95. The zero-order valence-electron chi connectivity index (χ0n) is 9.44. The van der Waals surface area contributed by atoms with Gasteiger partial charge in [-0.25, -0.2) is 22.2 Å². The van der Waals surface area contributed by atoms with Crippen LogP contribution >= 0.6 is 0 Å². The smallest absolute Gasteiger partial charge is 0.356 e. The number of hydrogen-bond donors (Lipinski definition) is 1. The topological polar surface area (TPSA) is 89.3 Å². The van der Waals surface area contributed by atoms with Gasteiger partial charge in [0, 0.05) is 0 Å². The molecule has 18 heavy (non-hydrogen) atoms. The van der Waals surface area contributed by atoms with Gasteiger partial charge in [-0.1, -0.05) is 18.2 Å². The molecule has 0 aliphatic rings. The van der Waals surface area contributed by atoms with Crippen molar-refractivity contribution < 1.29 is 18.3 Å². The minimum Gasteiger partial charge on any atom is -0.476 e. The number of rotatable bonds is 3. The molecule has 2 rings (SSSR count). The molecule has 0 aliphatic carbocycles. The molecular weight excluding hydrogens is 256 g/mol. The van der Waals surface area contributed by atoms with Gasteiger partial charge < -0.3 is 5.11 Å². The lowest BCUT2D eigenvalue weighted by Crippen LogP contribution is -2.12. The molecule has 1 heterocycles. The normalized spacial score (nSPS) is 11.4. The third-order valence-electron chi connectivity index (χ3n) is 2.43. The van der Waals surface area contributed by atoms with Crippen molar-refractivity contribution in [2.24, 2.45) is 0 Å². The quantitative estimate of drug-likeness (QED) is 0.899. The van der Waals surface area contributed by atoms with Crippen molar-refractivity contribution in [3.8, 4) is 0 Å². The minimum atomic E-state index is -3.79. The Labute approximate surface area is 104 Å². The van der Waals surface area contributed by atoms with Crippen LogP contribution in [-0.4, -0.2) is 28.5 Å². The van der Waals surface area contributed by atoms with E-state index < -0.39 is 16.0 Å². The maximum atomic E-state index is 12.2. The Morgan fingerprint density at radius 2 is 2.00 bits per heavy atom. The second-order valence-electron chi connectivity index (χ2n) is 3.66. The van der Waals surface area contributed by atoms with Crippen LogP contribution in [0.5, 0.6) is 0 Å². The molecule has 0 saturated heterocycles. The van der Waals surface area contributed by atoms with Gasteiger partial charge >= 0.3 is 5.97 Å². The lowest BCUT2D eigenvalue weighted by molar-refractivity contribution is 0.0691. The van der Waals surface area contributed by atoms with E-state index in [1.807, 2.05) is 0 Å². The molecule has 0 fully saturated rings. The maximum absolute atomic E-state index is 12.2. The number of aryl methyl sites for hydroxylation is 1. The Balaban J connectivity index is 2.55. The van der Waals surface area contributed by atoms with E-state index in [0.717, 1.165) is 16.5 Å². The first-order valence-electron chi connectivity index (χ1n) is 5.01. The first-order valence-corrected chi connectivity index (χ1v) is 6.45.